The first-order valence-electron chi connectivity index (χ1n) is 11.1. The first kappa shape index (κ1) is 24.4. The van der Waals surface area contributed by atoms with Crippen LogP contribution in [0.1, 0.15) is 40.2 Å². The van der Waals surface area contributed by atoms with Crippen molar-refractivity contribution in [1.82, 2.24) is 9.80 Å². The third-order valence-electron chi connectivity index (χ3n) is 5.20. The SMILES string of the molecule is CC(C)=CCc1c(OCC(=O)N2CCN(C(=O)OC(C)(C)C)CC2)ccc2ccc(=O)oc12. The average Bonchev–Trinajstić information content (AvgIpc) is 2.74. The molecule has 0 bridgehead atoms. The number of rotatable bonds is 5. The summed E-state index contributed by atoms with van der Waals surface area (Å²) in [6, 6.07) is 6.70. The van der Waals surface area contributed by atoms with E-state index in [1.807, 2.05) is 46.8 Å². The first-order valence-corrected chi connectivity index (χ1v) is 11.1. The van der Waals surface area contributed by atoms with Gasteiger partial charge in [-0.1, -0.05) is 11.6 Å². The number of carbonyl (C=O) groups excluding carboxylic acids is 2. The van der Waals surface area contributed by atoms with E-state index < -0.39 is 11.2 Å². The van der Waals surface area contributed by atoms with E-state index in [1.54, 1.807) is 21.9 Å². The molecule has 1 fully saturated rings. The monoisotopic (exact) mass is 456 g/mol. The molecule has 0 spiro atoms. The fraction of sp³-hybridized carbons (Fsp3) is 0.480. The van der Waals surface area contributed by atoms with Gasteiger partial charge in [-0.25, -0.2) is 9.59 Å². The number of amides is 2. The maximum atomic E-state index is 12.8. The molecule has 0 N–H and O–H groups in total. The molecule has 1 aliphatic rings. The van der Waals surface area contributed by atoms with E-state index in [0.717, 1.165) is 16.5 Å². The highest BCUT2D eigenvalue weighted by Gasteiger charge is 2.28. The summed E-state index contributed by atoms with van der Waals surface area (Å²) < 4.78 is 16.7. The number of piperazine rings is 1. The molecule has 3 rings (SSSR count). The number of allylic oxidation sites excluding steroid dienone is 2. The Hall–Kier alpha value is -3.29. The largest absolute Gasteiger partial charge is 0.483 e. The Balaban J connectivity index is 1.66. The van der Waals surface area contributed by atoms with Crippen LogP contribution in [0, 0.1) is 0 Å². The summed E-state index contributed by atoms with van der Waals surface area (Å²) in [6.07, 6.45) is 2.17. The Bertz CT molecular complexity index is 1100. The van der Waals surface area contributed by atoms with Crippen LogP contribution in [-0.4, -0.2) is 60.2 Å². The van der Waals surface area contributed by atoms with E-state index in [9.17, 15) is 14.4 Å². The highest BCUT2D eigenvalue weighted by Crippen LogP contribution is 2.28. The van der Waals surface area contributed by atoms with E-state index in [1.165, 1.54) is 6.07 Å². The van der Waals surface area contributed by atoms with Crippen LogP contribution in [0.2, 0.25) is 0 Å². The van der Waals surface area contributed by atoms with Gasteiger partial charge in [0.15, 0.2) is 6.61 Å². The van der Waals surface area contributed by atoms with E-state index in [2.05, 4.69) is 0 Å². The molecule has 2 heterocycles. The van der Waals surface area contributed by atoms with Crippen molar-refractivity contribution in [3.8, 4) is 5.75 Å². The van der Waals surface area contributed by atoms with Crippen molar-refractivity contribution in [2.24, 2.45) is 0 Å². The van der Waals surface area contributed by atoms with Gasteiger partial charge in [-0.3, -0.25) is 4.79 Å². The summed E-state index contributed by atoms with van der Waals surface area (Å²) >= 11 is 0. The summed E-state index contributed by atoms with van der Waals surface area (Å²) in [6.45, 7) is 11.0. The molecule has 0 aliphatic carbocycles. The van der Waals surface area contributed by atoms with E-state index >= 15 is 0 Å². The molecule has 8 heteroatoms. The lowest BCUT2D eigenvalue weighted by atomic mass is 10.1. The van der Waals surface area contributed by atoms with Crippen LogP contribution in [0.3, 0.4) is 0 Å². The topological polar surface area (TPSA) is 89.3 Å². The highest BCUT2D eigenvalue weighted by molar-refractivity contribution is 5.83. The predicted molar refractivity (Wildman–Crippen MR) is 126 cm³/mol. The fourth-order valence-corrected chi connectivity index (χ4v) is 3.50. The minimum absolute atomic E-state index is 0.142. The van der Waals surface area contributed by atoms with Crippen molar-refractivity contribution in [1.29, 1.82) is 0 Å². The highest BCUT2D eigenvalue weighted by atomic mass is 16.6. The third kappa shape index (κ3) is 6.60. The Morgan fingerprint density at radius 3 is 2.30 bits per heavy atom. The second kappa shape index (κ2) is 10.1. The lowest BCUT2D eigenvalue weighted by molar-refractivity contribution is -0.135. The molecular formula is C25H32N2O6. The van der Waals surface area contributed by atoms with Gasteiger partial charge in [-0.15, -0.1) is 0 Å². The zero-order valence-corrected chi connectivity index (χ0v) is 20.0. The fourth-order valence-electron chi connectivity index (χ4n) is 3.50. The smallest absolute Gasteiger partial charge is 0.410 e. The van der Waals surface area contributed by atoms with Crippen molar-refractivity contribution in [2.75, 3.05) is 32.8 Å². The van der Waals surface area contributed by atoms with Gasteiger partial charge in [0, 0.05) is 43.2 Å². The molecule has 2 aromatic rings. The van der Waals surface area contributed by atoms with Gasteiger partial charge in [0.05, 0.1) is 0 Å². The second-order valence-corrected chi connectivity index (χ2v) is 9.34. The molecule has 1 aromatic heterocycles. The van der Waals surface area contributed by atoms with Gasteiger partial charge in [0.1, 0.15) is 16.9 Å². The Morgan fingerprint density at radius 2 is 1.67 bits per heavy atom. The summed E-state index contributed by atoms with van der Waals surface area (Å²) in [5, 5.41) is 0.795. The van der Waals surface area contributed by atoms with Crippen LogP contribution in [-0.2, 0) is 16.0 Å². The van der Waals surface area contributed by atoms with Crippen LogP contribution in [0.4, 0.5) is 4.79 Å². The molecule has 8 nitrogen and oxygen atoms in total. The van der Waals surface area contributed by atoms with Crippen molar-refractivity contribution >= 4 is 23.0 Å². The minimum atomic E-state index is -0.555. The molecule has 1 aromatic carbocycles. The van der Waals surface area contributed by atoms with Crippen LogP contribution < -0.4 is 10.4 Å². The molecule has 33 heavy (non-hydrogen) atoms. The van der Waals surface area contributed by atoms with E-state index in [-0.39, 0.29) is 18.6 Å². The average molecular weight is 457 g/mol. The van der Waals surface area contributed by atoms with Gasteiger partial charge < -0.3 is 23.7 Å². The van der Waals surface area contributed by atoms with Gasteiger partial charge in [-0.05, 0) is 59.2 Å². The van der Waals surface area contributed by atoms with Gasteiger partial charge in [-0.2, -0.15) is 0 Å². The molecule has 0 saturated carbocycles. The zero-order valence-electron chi connectivity index (χ0n) is 20.0. The van der Waals surface area contributed by atoms with Gasteiger partial charge in [0.25, 0.3) is 5.91 Å². The Morgan fingerprint density at radius 1 is 1.03 bits per heavy atom. The van der Waals surface area contributed by atoms with Gasteiger partial charge >= 0.3 is 11.7 Å². The van der Waals surface area contributed by atoms with E-state index in [4.69, 9.17) is 13.9 Å². The molecule has 0 atom stereocenters. The number of fused-ring (bicyclic) bond motifs is 1. The normalized spacial score (nSPS) is 14.2. The summed E-state index contributed by atoms with van der Waals surface area (Å²) in [4.78, 5) is 40.0. The van der Waals surface area contributed by atoms with Crippen LogP contribution in [0.5, 0.6) is 5.75 Å². The van der Waals surface area contributed by atoms with Crippen LogP contribution >= 0.6 is 0 Å². The van der Waals surface area contributed by atoms with E-state index in [0.29, 0.717) is 43.9 Å². The number of benzene rings is 1. The molecule has 0 radical (unpaired) electrons. The molecule has 1 aliphatic heterocycles. The molecule has 1 saturated heterocycles. The molecule has 2 amide bonds. The summed E-state index contributed by atoms with van der Waals surface area (Å²) in [5.74, 6) is 0.344. The van der Waals surface area contributed by atoms with Gasteiger partial charge in [0.2, 0.25) is 0 Å². The summed E-state index contributed by atoms with van der Waals surface area (Å²) in [5.41, 5.74) is 1.33. The predicted octanol–water partition coefficient (Wildman–Crippen LogP) is 3.76. The van der Waals surface area contributed by atoms with Crippen molar-refractivity contribution < 1.29 is 23.5 Å². The quantitative estimate of drug-likeness (QED) is 0.503. The number of hydrogen-bond acceptors (Lipinski definition) is 6. The lowest BCUT2D eigenvalue weighted by Crippen LogP contribution is -2.52. The Kier molecular flexibility index (Phi) is 7.46. The maximum absolute atomic E-state index is 12.8. The third-order valence-corrected chi connectivity index (χ3v) is 5.20. The molecular weight excluding hydrogens is 424 g/mol. The maximum Gasteiger partial charge on any atom is 0.410 e. The number of carbonyl (C=O) groups is 2. The van der Waals surface area contributed by atoms with Crippen LogP contribution in [0.15, 0.2) is 45.1 Å². The van der Waals surface area contributed by atoms with Crippen molar-refractivity contribution in [3.63, 3.8) is 0 Å². The minimum Gasteiger partial charge on any atom is -0.483 e. The summed E-state index contributed by atoms with van der Waals surface area (Å²) in [7, 11) is 0. The molecule has 0 unspecified atom stereocenters. The Labute approximate surface area is 193 Å². The molecule has 178 valence electrons. The second-order valence-electron chi connectivity index (χ2n) is 9.34. The van der Waals surface area contributed by atoms with Crippen molar-refractivity contribution in [2.45, 2.75) is 46.6 Å². The first-order chi connectivity index (χ1) is 15.5. The number of nitrogens with zero attached hydrogens (tertiary/aromatic N) is 2. The standard InChI is InChI=1S/C25H32N2O6/c1-17(2)6-9-19-20(10-7-18-8-11-22(29)32-23(18)19)31-16-21(28)26-12-14-27(15-13-26)24(30)33-25(3,4)5/h6-8,10-11H,9,12-16H2,1-5H3. The zero-order chi connectivity index (χ0) is 24.2. The van der Waals surface area contributed by atoms with Crippen molar-refractivity contribution in [3.05, 3.63) is 51.9 Å². The number of ether oxygens (including phenoxy) is 2. The number of hydrogen-bond donors (Lipinski definition) is 0. The van der Waals surface area contributed by atoms with Crippen LogP contribution in [0.25, 0.3) is 11.0 Å². The lowest BCUT2D eigenvalue weighted by Gasteiger charge is -2.35.